The number of thiazole rings is 1. The highest BCUT2D eigenvalue weighted by atomic mass is 32.1. The Morgan fingerprint density at radius 3 is 2.68 bits per heavy atom. The van der Waals surface area contributed by atoms with E-state index in [1.165, 1.54) is 11.3 Å². The van der Waals surface area contributed by atoms with Crippen molar-refractivity contribution in [2.45, 2.75) is 45.1 Å². The first kappa shape index (κ1) is 22.4. The molecule has 1 aliphatic rings. The van der Waals surface area contributed by atoms with Crippen LogP contribution in [0, 0.1) is 0 Å². The molecule has 0 aliphatic carbocycles. The van der Waals surface area contributed by atoms with Crippen LogP contribution < -0.4 is 16.0 Å². The second kappa shape index (κ2) is 10.7. The van der Waals surface area contributed by atoms with Crippen molar-refractivity contribution in [2.75, 3.05) is 17.2 Å². The molecule has 2 aromatic rings. The Bertz CT molecular complexity index is 957. The van der Waals surface area contributed by atoms with Crippen LogP contribution >= 0.6 is 11.3 Å². The Hall–Kier alpha value is -3.27. The maximum atomic E-state index is 12.3. The first-order valence-electron chi connectivity index (χ1n) is 10.1. The lowest BCUT2D eigenvalue weighted by Gasteiger charge is -2.08. The molecule has 31 heavy (non-hydrogen) atoms. The van der Waals surface area contributed by atoms with Gasteiger partial charge in [-0.2, -0.15) is 0 Å². The maximum Gasteiger partial charge on any atom is 0.338 e. The fraction of sp³-hybridized carbons (Fsp3) is 0.381. The summed E-state index contributed by atoms with van der Waals surface area (Å²) >= 11 is 1.21. The number of hydrogen-bond acceptors (Lipinski definition) is 7. The molecule has 0 radical (unpaired) electrons. The number of nitrogens with one attached hydrogen (secondary N) is 3. The van der Waals surface area contributed by atoms with Crippen molar-refractivity contribution < 1.29 is 23.9 Å². The molecule has 1 aromatic heterocycles. The number of rotatable bonds is 9. The summed E-state index contributed by atoms with van der Waals surface area (Å²) in [5.74, 6) is -1.12. The lowest BCUT2D eigenvalue weighted by Crippen LogP contribution is -2.37. The van der Waals surface area contributed by atoms with Gasteiger partial charge in [-0.3, -0.25) is 14.4 Å². The molecule has 0 saturated carbocycles. The van der Waals surface area contributed by atoms with Gasteiger partial charge >= 0.3 is 5.97 Å². The van der Waals surface area contributed by atoms with Crippen molar-refractivity contribution in [3.05, 3.63) is 40.9 Å². The third-order valence-electron chi connectivity index (χ3n) is 4.57. The molecule has 3 rings (SSSR count). The van der Waals surface area contributed by atoms with Gasteiger partial charge in [-0.25, -0.2) is 9.78 Å². The van der Waals surface area contributed by atoms with Gasteiger partial charge in [0.15, 0.2) is 5.13 Å². The molecule has 164 valence electrons. The lowest BCUT2D eigenvalue weighted by atomic mass is 10.2. The number of ether oxygens (including phenoxy) is 1. The smallest absolute Gasteiger partial charge is 0.338 e. The number of benzene rings is 1. The molecule has 1 unspecified atom stereocenters. The van der Waals surface area contributed by atoms with E-state index in [4.69, 9.17) is 4.74 Å². The number of unbranched alkanes of at least 4 members (excludes halogenated alkanes) is 1. The van der Waals surface area contributed by atoms with E-state index in [2.05, 4.69) is 20.9 Å². The number of amides is 3. The monoisotopic (exact) mass is 444 g/mol. The Kier molecular flexibility index (Phi) is 7.71. The van der Waals surface area contributed by atoms with Crippen molar-refractivity contribution in [3.63, 3.8) is 0 Å². The zero-order chi connectivity index (χ0) is 22.2. The van der Waals surface area contributed by atoms with Gasteiger partial charge in [0.05, 0.1) is 24.3 Å². The summed E-state index contributed by atoms with van der Waals surface area (Å²) in [6.45, 7) is 2.41. The minimum atomic E-state index is -0.546. The lowest BCUT2D eigenvalue weighted by molar-refractivity contribution is -0.122. The van der Waals surface area contributed by atoms with Crippen molar-refractivity contribution >= 4 is 45.8 Å². The van der Waals surface area contributed by atoms with Crippen LogP contribution in [0.15, 0.2) is 29.6 Å². The fourth-order valence-electron chi connectivity index (χ4n) is 2.90. The zero-order valence-electron chi connectivity index (χ0n) is 17.1. The largest absolute Gasteiger partial charge is 0.462 e. The normalized spacial score (nSPS) is 15.3. The molecular weight excluding hydrogens is 420 g/mol. The van der Waals surface area contributed by atoms with Crippen LogP contribution in [-0.4, -0.2) is 41.3 Å². The molecule has 0 bridgehead atoms. The second-order valence-electron chi connectivity index (χ2n) is 7.08. The van der Waals surface area contributed by atoms with E-state index in [9.17, 15) is 19.2 Å². The van der Waals surface area contributed by atoms with Gasteiger partial charge < -0.3 is 20.7 Å². The van der Waals surface area contributed by atoms with Crippen LogP contribution in [0.25, 0.3) is 0 Å². The quantitative estimate of drug-likeness (QED) is 0.403. The van der Waals surface area contributed by atoms with Crippen molar-refractivity contribution in [1.82, 2.24) is 10.3 Å². The molecule has 2 heterocycles. The highest BCUT2D eigenvalue weighted by Crippen LogP contribution is 2.18. The Morgan fingerprint density at radius 1 is 1.23 bits per heavy atom. The molecule has 3 N–H and O–H groups in total. The van der Waals surface area contributed by atoms with Gasteiger partial charge in [0, 0.05) is 17.5 Å². The molecular formula is C21H24N4O5S. The van der Waals surface area contributed by atoms with E-state index in [1.807, 2.05) is 6.92 Å². The summed E-state index contributed by atoms with van der Waals surface area (Å²) in [5.41, 5.74) is 1.49. The fourth-order valence-corrected chi connectivity index (χ4v) is 3.61. The Labute approximate surface area is 183 Å². The van der Waals surface area contributed by atoms with Crippen LogP contribution in [0.5, 0.6) is 0 Å². The van der Waals surface area contributed by atoms with Gasteiger partial charge in [0.2, 0.25) is 17.7 Å². The van der Waals surface area contributed by atoms with E-state index < -0.39 is 6.04 Å². The number of aromatic nitrogens is 1. The van der Waals surface area contributed by atoms with Crippen LogP contribution in [-0.2, 0) is 25.5 Å². The average molecular weight is 445 g/mol. The van der Waals surface area contributed by atoms with Gasteiger partial charge in [-0.05, 0) is 37.1 Å². The van der Waals surface area contributed by atoms with Gasteiger partial charge in [0.25, 0.3) is 0 Å². The van der Waals surface area contributed by atoms with Crippen molar-refractivity contribution in [1.29, 1.82) is 0 Å². The zero-order valence-corrected chi connectivity index (χ0v) is 17.9. The number of carbonyl (C=O) groups excluding carboxylic acids is 4. The summed E-state index contributed by atoms with van der Waals surface area (Å²) in [7, 11) is 0. The summed E-state index contributed by atoms with van der Waals surface area (Å²) in [4.78, 5) is 51.8. The first-order chi connectivity index (χ1) is 14.9. The predicted molar refractivity (Wildman–Crippen MR) is 116 cm³/mol. The molecule has 10 heteroatoms. The third kappa shape index (κ3) is 6.61. The standard InChI is InChI=1S/C21H24N4O5S/c1-2-3-10-30-20(29)13-4-6-14(7-5-13)22-18(27)11-15-12-31-21(23-15)25-19(28)16-8-9-17(26)24-16/h4-7,12,16H,2-3,8-11H2,1H3,(H,22,27)(H,24,26)(H,23,25,28). The minimum Gasteiger partial charge on any atom is -0.462 e. The average Bonchev–Trinajstić information content (AvgIpc) is 3.37. The molecule has 1 aromatic carbocycles. The number of hydrogen-bond donors (Lipinski definition) is 3. The minimum absolute atomic E-state index is 0.0351. The summed E-state index contributed by atoms with van der Waals surface area (Å²) < 4.78 is 5.15. The first-order valence-corrected chi connectivity index (χ1v) is 10.9. The van der Waals surface area contributed by atoms with E-state index in [0.717, 1.165) is 12.8 Å². The predicted octanol–water partition coefficient (Wildman–Crippen LogP) is 2.50. The number of nitrogens with zero attached hydrogens (tertiary/aromatic N) is 1. The molecule has 1 saturated heterocycles. The van der Waals surface area contributed by atoms with Crippen LogP contribution in [0.1, 0.15) is 48.7 Å². The van der Waals surface area contributed by atoms with E-state index in [0.29, 0.717) is 41.5 Å². The van der Waals surface area contributed by atoms with Crippen LogP contribution in [0.2, 0.25) is 0 Å². The highest BCUT2D eigenvalue weighted by molar-refractivity contribution is 7.13. The van der Waals surface area contributed by atoms with Gasteiger partial charge in [-0.15, -0.1) is 11.3 Å². The summed E-state index contributed by atoms with van der Waals surface area (Å²) in [5, 5.41) is 10.1. The van der Waals surface area contributed by atoms with Gasteiger partial charge in [0.1, 0.15) is 6.04 Å². The highest BCUT2D eigenvalue weighted by Gasteiger charge is 2.27. The van der Waals surface area contributed by atoms with Crippen LogP contribution in [0.3, 0.4) is 0 Å². The molecule has 9 nitrogen and oxygen atoms in total. The molecule has 1 aliphatic heterocycles. The Balaban J connectivity index is 1.47. The maximum absolute atomic E-state index is 12.3. The molecule has 0 spiro atoms. The summed E-state index contributed by atoms with van der Waals surface area (Å²) in [6.07, 6.45) is 2.60. The topological polar surface area (TPSA) is 126 Å². The number of anilines is 2. The van der Waals surface area contributed by atoms with Gasteiger partial charge in [-0.1, -0.05) is 13.3 Å². The Morgan fingerprint density at radius 2 is 2.00 bits per heavy atom. The molecule has 1 atom stereocenters. The summed E-state index contributed by atoms with van der Waals surface area (Å²) in [6, 6.07) is 5.92. The van der Waals surface area contributed by atoms with Crippen LogP contribution in [0.4, 0.5) is 10.8 Å². The third-order valence-corrected chi connectivity index (χ3v) is 5.38. The molecule has 1 fully saturated rings. The molecule has 3 amide bonds. The van der Waals surface area contributed by atoms with Crippen molar-refractivity contribution in [3.8, 4) is 0 Å². The van der Waals surface area contributed by atoms with E-state index >= 15 is 0 Å². The van der Waals surface area contributed by atoms with Crippen molar-refractivity contribution in [2.24, 2.45) is 0 Å². The second-order valence-corrected chi connectivity index (χ2v) is 7.94. The van der Waals surface area contributed by atoms with E-state index in [1.54, 1.807) is 29.6 Å². The number of carbonyl (C=O) groups is 4. The number of esters is 1. The SMILES string of the molecule is CCCCOC(=O)c1ccc(NC(=O)Cc2csc(NC(=O)C3CCC(=O)N3)n2)cc1. The van der Waals surface area contributed by atoms with E-state index in [-0.39, 0.29) is 30.1 Å².